The zero-order valence-corrected chi connectivity index (χ0v) is 11.9. The third-order valence-corrected chi connectivity index (χ3v) is 3.78. The van der Waals surface area contributed by atoms with Crippen LogP contribution in [0.4, 0.5) is 13.2 Å². The monoisotopic (exact) mass is 301 g/mol. The van der Waals surface area contributed by atoms with Crippen molar-refractivity contribution in [2.24, 2.45) is 0 Å². The Kier molecular flexibility index (Phi) is 4.37. The van der Waals surface area contributed by atoms with Crippen molar-refractivity contribution in [1.82, 2.24) is 14.8 Å². The molecule has 1 aromatic carbocycles. The number of aromatic nitrogens is 3. The van der Waals surface area contributed by atoms with Crippen LogP contribution < -0.4 is 0 Å². The molecule has 1 heterocycles. The molecule has 0 bridgehead atoms. The van der Waals surface area contributed by atoms with Crippen LogP contribution in [0.2, 0.25) is 0 Å². The van der Waals surface area contributed by atoms with Gasteiger partial charge in [-0.05, 0) is 25.5 Å². The molecule has 7 heteroatoms. The maximum Gasteiger partial charge on any atom is 0.416 e. The normalized spacial score (nSPS) is 12.1. The van der Waals surface area contributed by atoms with Gasteiger partial charge in [-0.25, -0.2) is 0 Å². The molecule has 0 saturated heterocycles. The lowest BCUT2D eigenvalue weighted by Gasteiger charge is -2.13. The molecule has 0 aliphatic carbocycles. The van der Waals surface area contributed by atoms with E-state index >= 15 is 0 Å². The smallest absolute Gasteiger partial charge is 0.306 e. The Morgan fingerprint density at radius 2 is 1.95 bits per heavy atom. The lowest BCUT2D eigenvalue weighted by molar-refractivity contribution is -0.138. The Morgan fingerprint density at radius 1 is 1.25 bits per heavy atom. The highest BCUT2D eigenvalue weighted by Crippen LogP contribution is 2.34. The molecule has 0 saturated carbocycles. The van der Waals surface area contributed by atoms with Crippen LogP contribution in [0.5, 0.6) is 0 Å². The third kappa shape index (κ3) is 3.33. The minimum absolute atomic E-state index is 0.172. The lowest BCUT2D eigenvalue weighted by atomic mass is 10.1. The Hall–Kier alpha value is -1.50. The minimum atomic E-state index is -4.33. The number of hydrogen-bond acceptors (Lipinski definition) is 3. The fourth-order valence-electron chi connectivity index (χ4n) is 1.75. The molecule has 2 aromatic rings. The highest BCUT2D eigenvalue weighted by atomic mass is 32.2. The summed E-state index contributed by atoms with van der Waals surface area (Å²) in [4.78, 5) is 0. The average Bonchev–Trinajstić information content (AvgIpc) is 2.84. The number of rotatable bonds is 4. The average molecular weight is 301 g/mol. The first-order valence-corrected chi connectivity index (χ1v) is 7.05. The number of hydrogen-bond donors (Lipinski definition) is 0. The van der Waals surface area contributed by atoms with Crippen molar-refractivity contribution in [3.63, 3.8) is 0 Å². The van der Waals surface area contributed by atoms with E-state index in [9.17, 15) is 13.2 Å². The molecular formula is C13H14F3N3S. The zero-order chi connectivity index (χ0) is 14.8. The van der Waals surface area contributed by atoms with Crippen LogP contribution in [0.15, 0.2) is 35.7 Å². The first-order valence-electron chi connectivity index (χ1n) is 6.07. The molecule has 0 spiro atoms. The van der Waals surface area contributed by atoms with Gasteiger partial charge in [0, 0.05) is 11.8 Å². The second-order valence-electron chi connectivity index (χ2n) is 4.56. The molecule has 108 valence electrons. The van der Waals surface area contributed by atoms with Crippen LogP contribution in [-0.2, 0) is 11.9 Å². The first kappa shape index (κ1) is 14.9. The van der Waals surface area contributed by atoms with Gasteiger partial charge in [-0.2, -0.15) is 13.2 Å². The van der Waals surface area contributed by atoms with Gasteiger partial charge in [0.05, 0.1) is 5.56 Å². The van der Waals surface area contributed by atoms with E-state index < -0.39 is 11.7 Å². The number of benzene rings is 1. The number of nitrogens with zero attached hydrogens (tertiary/aromatic N) is 3. The quantitative estimate of drug-likeness (QED) is 0.794. The zero-order valence-electron chi connectivity index (χ0n) is 11.1. The van der Waals surface area contributed by atoms with Crippen molar-refractivity contribution in [2.45, 2.75) is 37.0 Å². The van der Waals surface area contributed by atoms with E-state index in [1.165, 1.54) is 23.9 Å². The van der Waals surface area contributed by atoms with Gasteiger partial charge in [-0.3, -0.25) is 0 Å². The highest BCUT2D eigenvalue weighted by Gasteiger charge is 2.32. The Morgan fingerprint density at radius 3 is 2.60 bits per heavy atom. The molecule has 0 N–H and O–H groups in total. The van der Waals surface area contributed by atoms with Gasteiger partial charge in [0.1, 0.15) is 6.33 Å². The maximum atomic E-state index is 12.9. The van der Waals surface area contributed by atoms with Crippen LogP contribution >= 0.6 is 11.8 Å². The van der Waals surface area contributed by atoms with Crippen molar-refractivity contribution in [3.05, 3.63) is 41.7 Å². The molecule has 2 rings (SSSR count). The van der Waals surface area contributed by atoms with Crippen LogP contribution in [-0.4, -0.2) is 14.8 Å². The second-order valence-corrected chi connectivity index (χ2v) is 5.50. The summed E-state index contributed by atoms with van der Waals surface area (Å²) in [7, 11) is 0. The third-order valence-electron chi connectivity index (χ3n) is 2.78. The van der Waals surface area contributed by atoms with E-state index in [1.54, 1.807) is 12.4 Å². The molecule has 0 unspecified atom stereocenters. The summed E-state index contributed by atoms with van der Waals surface area (Å²) in [6, 6.07) is 5.77. The fraction of sp³-hybridized carbons (Fsp3) is 0.385. The van der Waals surface area contributed by atoms with Crippen molar-refractivity contribution in [2.75, 3.05) is 0 Å². The van der Waals surface area contributed by atoms with Crippen LogP contribution in [0.3, 0.4) is 0 Å². The van der Waals surface area contributed by atoms with E-state index in [0.29, 0.717) is 5.16 Å². The molecule has 0 fully saturated rings. The lowest BCUT2D eigenvalue weighted by Crippen LogP contribution is -2.08. The van der Waals surface area contributed by atoms with E-state index in [0.717, 1.165) is 6.07 Å². The van der Waals surface area contributed by atoms with Gasteiger partial charge in [-0.1, -0.05) is 30.0 Å². The minimum Gasteiger partial charge on any atom is -0.306 e. The molecule has 0 radical (unpaired) electrons. The maximum absolute atomic E-state index is 12.9. The molecule has 20 heavy (non-hydrogen) atoms. The molecule has 1 aromatic heterocycles. The largest absolute Gasteiger partial charge is 0.416 e. The molecular weight excluding hydrogens is 287 g/mol. The molecule has 0 atom stereocenters. The molecule has 0 aliphatic heterocycles. The number of alkyl halides is 3. The van der Waals surface area contributed by atoms with Crippen molar-refractivity contribution < 1.29 is 13.2 Å². The predicted octanol–water partition coefficient (Wildman–Crippen LogP) is 4.17. The second kappa shape index (κ2) is 5.87. The van der Waals surface area contributed by atoms with E-state index in [1.807, 2.05) is 18.4 Å². The summed E-state index contributed by atoms with van der Waals surface area (Å²) in [5.41, 5.74) is -0.341. The summed E-state index contributed by atoms with van der Waals surface area (Å²) in [5, 5.41) is 8.36. The van der Waals surface area contributed by atoms with Gasteiger partial charge in [0.25, 0.3) is 0 Å². The standard InChI is InChI=1S/C13H14F3N3S/c1-9(2)19-8-17-18-12(19)20-7-10-5-3-4-6-11(10)13(14,15)16/h3-6,8-9H,7H2,1-2H3. The summed E-state index contributed by atoms with van der Waals surface area (Å²) in [6.45, 7) is 3.94. The van der Waals surface area contributed by atoms with E-state index in [2.05, 4.69) is 10.2 Å². The topological polar surface area (TPSA) is 30.7 Å². The van der Waals surface area contributed by atoms with Gasteiger partial charge < -0.3 is 4.57 Å². The molecule has 0 amide bonds. The summed E-state index contributed by atoms with van der Waals surface area (Å²) in [6.07, 6.45) is -2.74. The van der Waals surface area contributed by atoms with Gasteiger partial charge in [0.2, 0.25) is 0 Å². The Bertz CT molecular complexity index is 578. The summed E-state index contributed by atoms with van der Waals surface area (Å²) >= 11 is 1.25. The molecule has 3 nitrogen and oxygen atoms in total. The predicted molar refractivity (Wildman–Crippen MR) is 71.4 cm³/mol. The highest BCUT2D eigenvalue weighted by molar-refractivity contribution is 7.98. The summed E-state index contributed by atoms with van der Waals surface area (Å²) < 4.78 is 40.5. The number of halogens is 3. The summed E-state index contributed by atoms with van der Waals surface area (Å²) in [5.74, 6) is 0.209. The first-order chi connectivity index (χ1) is 9.39. The number of thioether (sulfide) groups is 1. The van der Waals surface area contributed by atoms with Crippen molar-refractivity contribution in [3.8, 4) is 0 Å². The van der Waals surface area contributed by atoms with Gasteiger partial charge >= 0.3 is 6.18 Å². The van der Waals surface area contributed by atoms with Gasteiger partial charge in [0.15, 0.2) is 5.16 Å². The van der Waals surface area contributed by atoms with Crippen LogP contribution in [0, 0.1) is 0 Å². The van der Waals surface area contributed by atoms with Crippen molar-refractivity contribution in [1.29, 1.82) is 0 Å². The van der Waals surface area contributed by atoms with Crippen molar-refractivity contribution >= 4 is 11.8 Å². The van der Waals surface area contributed by atoms with Crippen LogP contribution in [0.1, 0.15) is 31.0 Å². The Balaban J connectivity index is 2.18. The van der Waals surface area contributed by atoms with Gasteiger partial charge in [-0.15, -0.1) is 10.2 Å². The SMILES string of the molecule is CC(C)n1cnnc1SCc1ccccc1C(F)(F)F. The Labute approximate surface area is 119 Å². The van der Waals surface area contributed by atoms with E-state index in [4.69, 9.17) is 0 Å². The van der Waals surface area contributed by atoms with E-state index in [-0.39, 0.29) is 17.4 Å². The fourth-order valence-corrected chi connectivity index (χ4v) is 2.80. The molecule has 0 aliphatic rings. The van der Waals surface area contributed by atoms with Crippen LogP contribution in [0.25, 0.3) is 0 Å².